The van der Waals surface area contributed by atoms with E-state index in [2.05, 4.69) is 39.0 Å². The first-order valence-electron chi connectivity index (χ1n) is 9.79. The van der Waals surface area contributed by atoms with Crippen LogP contribution in [0.5, 0.6) is 23.0 Å². The first-order valence-corrected chi connectivity index (χ1v) is 10.9. The Hall–Kier alpha value is -2.93. The molecule has 8 heteroatoms. The van der Waals surface area contributed by atoms with Gasteiger partial charge in [0.05, 0.1) is 29.6 Å². The first kappa shape index (κ1) is 24.3. The summed E-state index contributed by atoms with van der Waals surface area (Å²) in [4.78, 5) is 12.5. The van der Waals surface area contributed by atoms with E-state index in [0.29, 0.717) is 48.4 Å². The lowest BCUT2D eigenvalue weighted by Gasteiger charge is -2.13. The molecule has 1 N–H and O–H groups in total. The highest BCUT2D eigenvalue weighted by molar-refractivity contribution is 14.1. The Kier molecular flexibility index (Phi) is 9.97. The van der Waals surface area contributed by atoms with E-state index in [9.17, 15) is 4.79 Å². The SMILES string of the molecule is C#CCOc1c(I)cc(/C=N/NC(=O)c2ccc(OCC)c(OCC)c2)cc1OCC. The van der Waals surface area contributed by atoms with Crippen molar-refractivity contribution >= 4 is 34.7 Å². The van der Waals surface area contributed by atoms with Crippen LogP contribution in [0.15, 0.2) is 35.4 Å². The molecule has 0 spiro atoms. The standard InChI is InChI=1S/C23H25IN2O5/c1-5-11-31-22-18(24)12-16(13-21(22)30-8-4)15-25-26-23(27)17-9-10-19(28-6-2)20(14-17)29-7-3/h1,9-10,12-15H,6-8,11H2,2-4H3,(H,26,27)/b25-15+. The molecule has 0 aliphatic carbocycles. The Bertz CT molecular complexity index is 969. The van der Waals surface area contributed by atoms with Crippen molar-refractivity contribution in [1.82, 2.24) is 5.43 Å². The van der Waals surface area contributed by atoms with Crippen LogP contribution < -0.4 is 24.4 Å². The largest absolute Gasteiger partial charge is 0.490 e. The molecule has 0 aliphatic rings. The highest BCUT2D eigenvalue weighted by Crippen LogP contribution is 2.34. The average Bonchev–Trinajstić information content (AvgIpc) is 2.75. The summed E-state index contributed by atoms with van der Waals surface area (Å²) in [5.41, 5.74) is 3.67. The van der Waals surface area contributed by atoms with Gasteiger partial charge >= 0.3 is 0 Å². The van der Waals surface area contributed by atoms with E-state index in [4.69, 9.17) is 25.4 Å². The molecule has 0 unspecified atom stereocenters. The number of nitrogens with one attached hydrogen (secondary N) is 1. The van der Waals surface area contributed by atoms with Gasteiger partial charge in [0.25, 0.3) is 5.91 Å². The molecule has 31 heavy (non-hydrogen) atoms. The van der Waals surface area contributed by atoms with Crippen molar-refractivity contribution in [2.75, 3.05) is 26.4 Å². The van der Waals surface area contributed by atoms with Crippen LogP contribution in [0.4, 0.5) is 0 Å². The quantitative estimate of drug-likeness (QED) is 0.201. The van der Waals surface area contributed by atoms with E-state index in [1.807, 2.05) is 26.8 Å². The average molecular weight is 536 g/mol. The molecule has 0 saturated carbocycles. The maximum Gasteiger partial charge on any atom is 0.271 e. The molecule has 1 amide bonds. The predicted molar refractivity (Wildman–Crippen MR) is 128 cm³/mol. The summed E-state index contributed by atoms with van der Waals surface area (Å²) in [5, 5.41) is 4.06. The Morgan fingerprint density at radius 1 is 1.03 bits per heavy atom. The normalized spacial score (nSPS) is 10.4. The van der Waals surface area contributed by atoms with E-state index in [1.54, 1.807) is 24.3 Å². The summed E-state index contributed by atoms with van der Waals surface area (Å²) in [6.45, 7) is 7.22. The second-order valence-electron chi connectivity index (χ2n) is 5.98. The minimum Gasteiger partial charge on any atom is -0.490 e. The second kappa shape index (κ2) is 12.7. The fourth-order valence-electron chi connectivity index (χ4n) is 2.60. The van der Waals surface area contributed by atoms with Gasteiger partial charge < -0.3 is 18.9 Å². The van der Waals surface area contributed by atoms with Crippen molar-refractivity contribution in [2.45, 2.75) is 20.8 Å². The van der Waals surface area contributed by atoms with Crippen LogP contribution in [-0.2, 0) is 0 Å². The second-order valence-corrected chi connectivity index (χ2v) is 7.14. The van der Waals surface area contributed by atoms with Gasteiger partial charge in [-0.2, -0.15) is 5.10 Å². The Balaban J connectivity index is 2.15. The van der Waals surface area contributed by atoms with Crippen molar-refractivity contribution in [3.63, 3.8) is 0 Å². The lowest BCUT2D eigenvalue weighted by molar-refractivity contribution is 0.0954. The molecule has 2 aromatic carbocycles. The fourth-order valence-corrected chi connectivity index (χ4v) is 3.38. The fraction of sp³-hybridized carbons (Fsp3) is 0.304. The number of carbonyl (C=O) groups excluding carboxylic acids is 1. The van der Waals surface area contributed by atoms with Gasteiger partial charge in [-0.1, -0.05) is 5.92 Å². The molecule has 0 radical (unpaired) electrons. The molecule has 7 nitrogen and oxygen atoms in total. The van der Waals surface area contributed by atoms with Gasteiger partial charge in [0, 0.05) is 5.56 Å². The van der Waals surface area contributed by atoms with Gasteiger partial charge in [-0.25, -0.2) is 5.43 Å². The van der Waals surface area contributed by atoms with Gasteiger partial charge in [-0.3, -0.25) is 4.79 Å². The number of nitrogens with zero attached hydrogens (tertiary/aromatic N) is 1. The topological polar surface area (TPSA) is 78.4 Å². The maximum atomic E-state index is 12.5. The van der Waals surface area contributed by atoms with Crippen molar-refractivity contribution in [3.8, 4) is 35.3 Å². The summed E-state index contributed by atoms with van der Waals surface area (Å²) < 4.78 is 23.1. The summed E-state index contributed by atoms with van der Waals surface area (Å²) in [6.07, 6.45) is 6.81. The lowest BCUT2D eigenvalue weighted by Crippen LogP contribution is -2.17. The van der Waals surface area contributed by atoms with Gasteiger partial charge in [-0.15, -0.1) is 6.42 Å². The van der Waals surface area contributed by atoms with Crippen LogP contribution in [-0.4, -0.2) is 38.5 Å². The number of ether oxygens (including phenoxy) is 4. The number of hydrogen-bond acceptors (Lipinski definition) is 6. The number of terminal acetylenes is 1. The highest BCUT2D eigenvalue weighted by atomic mass is 127. The third-order valence-corrected chi connectivity index (χ3v) is 4.62. The van der Waals surface area contributed by atoms with Gasteiger partial charge in [0.15, 0.2) is 23.0 Å². The number of benzene rings is 2. The van der Waals surface area contributed by atoms with Crippen LogP contribution in [0.1, 0.15) is 36.7 Å². The van der Waals surface area contributed by atoms with Crippen LogP contribution in [0.25, 0.3) is 0 Å². The van der Waals surface area contributed by atoms with Crippen molar-refractivity contribution in [2.24, 2.45) is 5.10 Å². The number of hydrazone groups is 1. The Morgan fingerprint density at radius 3 is 2.39 bits per heavy atom. The molecule has 0 aliphatic heterocycles. The molecule has 2 rings (SSSR count). The van der Waals surface area contributed by atoms with E-state index in [-0.39, 0.29) is 12.5 Å². The smallest absolute Gasteiger partial charge is 0.271 e. The Labute approximate surface area is 196 Å². The monoisotopic (exact) mass is 536 g/mol. The van der Waals surface area contributed by atoms with Crippen LogP contribution >= 0.6 is 22.6 Å². The first-order chi connectivity index (χ1) is 15.0. The van der Waals surface area contributed by atoms with Crippen LogP contribution in [0, 0.1) is 15.9 Å². The molecule has 0 atom stereocenters. The lowest BCUT2D eigenvalue weighted by atomic mass is 10.2. The van der Waals surface area contributed by atoms with Crippen molar-refractivity contribution < 1.29 is 23.7 Å². The van der Waals surface area contributed by atoms with E-state index in [1.165, 1.54) is 6.21 Å². The van der Waals surface area contributed by atoms with Gasteiger partial charge in [-0.05, 0) is 79.3 Å². The molecule has 0 aromatic heterocycles. The van der Waals surface area contributed by atoms with Crippen LogP contribution in [0.3, 0.4) is 0 Å². The number of halogens is 1. The number of carbonyl (C=O) groups is 1. The van der Waals surface area contributed by atoms with Gasteiger partial charge in [0.1, 0.15) is 6.61 Å². The third-order valence-electron chi connectivity index (χ3n) is 3.82. The molecular formula is C23H25IN2O5. The summed E-state index contributed by atoms with van der Waals surface area (Å²) >= 11 is 2.14. The zero-order valence-corrected chi connectivity index (χ0v) is 19.9. The molecule has 0 fully saturated rings. The maximum absolute atomic E-state index is 12.5. The molecule has 2 aromatic rings. The molecule has 0 heterocycles. The number of rotatable bonds is 11. The summed E-state index contributed by atoms with van der Waals surface area (Å²) in [5.74, 6) is 4.32. The third kappa shape index (κ3) is 7.07. The van der Waals surface area contributed by atoms with E-state index >= 15 is 0 Å². The summed E-state index contributed by atoms with van der Waals surface area (Å²) in [7, 11) is 0. The molecular weight excluding hydrogens is 511 g/mol. The zero-order chi connectivity index (χ0) is 22.6. The minimum absolute atomic E-state index is 0.144. The Morgan fingerprint density at radius 2 is 1.71 bits per heavy atom. The van der Waals surface area contributed by atoms with Gasteiger partial charge in [0.2, 0.25) is 0 Å². The van der Waals surface area contributed by atoms with Crippen LogP contribution in [0.2, 0.25) is 0 Å². The number of amides is 1. The molecule has 0 saturated heterocycles. The molecule has 0 bridgehead atoms. The highest BCUT2D eigenvalue weighted by Gasteiger charge is 2.13. The predicted octanol–water partition coefficient (Wildman–Crippen LogP) is 4.26. The molecule has 164 valence electrons. The van der Waals surface area contributed by atoms with Crippen molar-refractivity contribution in [1.29, 1.82) is 0 Å². The summed E-state index contributed by atoms with van der Waals surface area (Å²) in [6, 6.07) is 8.63. The van der Waals surface area contributed by atoms with Crippen molar-refractivity contribution in [3.05, 3.63) is 45.0 Å². The van der Waals surface area contributed by atoms with E-state index in [0.717, 1.165) is 9.13 Å². The zero-order valence-electron chi connectivity index (χ0n) is 17.7. The minimum atomic E-state index is -0.367. The number of hydrogen-bond donors (Lipinski definition) is 1. The van der Waals surface area contributed by atoms with E-state index < -0.39 is 0 Å².